The SMILES string of the molecule is CCCCCCN1CCN(CCC(=O)C2CCC2)CC1. The van der Waals surface area contributed by atoms with Gasteiger partial charge in [0.15, 0.2) is 0 Å². The molecule has 0 aromatic carbocycles. The number of hydrogen-bond acceptors (Lipinski definition) is 3. The molecule has 1 saturated carbocycles. The average Bonchev–Trinajstić information content (AvgIpc) is 2.41. The Morgan fingerprint density at radius 2 is 1.60 bits per heavy atom. The Kier molecular flexibility index (Phi) is 7.01. The first-order chi connectivity index (χ1) is 9.79. The fourth-order valence-corrected chi connectivity index (χ4v) is 3.20. The van der Waals surface area contributed by atoms with Gasteiger partial charge < -0.3 is 9.80 Å². The highest BCUT2D eigenvalue weighted by Gasteiger charge is 2.25. The molecule has 1 heterocycles. The first-order valence-corrected chi connectivity index (χ1v) is 8.77. The summed E-state index contributed by atoms with van der Waals surface area (Å²) in [5.41, 5.74) is 0. The zero-order valence-corrected chi connectivity index (χ0v) is 13.3. The molecule has 0 radical (unpaired) electrons. The van der Waals surface area contributed by atoms with Crippen LogP contribution in [0.15, 0.2) is 0 Å². The molecule has 3 nitrogen and oxygen atoms in total. The van der Waals surface area contributed by atoms with Crippen molar-refractivity contribution in [2.24, 2.45) is 5.92 Å². The molecule has 0 atom stereocenters. The number of ketones is 1. The van der Waals surface area contributed by atoms with Crippen LogP contribution in [-0.4, -0.2) is 54.9 Å². The fraction of sp³-hybridized carbons (Fsp3) is 0.941. The van der Waals surface area contributed by atoms with Gasteiger partial charge in [-0.25, -0.2) is 0 Å². The van der Waals surface area contributed by atoms with Gasteiger partial charge in [-0.05, 0) is 25.8 Å². The topological polar surface area (TPSA) is 23.6 Å². The molecule has 1 saturated heterocycles. The van der Waals surface area contributed by atoms with Crippen LogP contribution in [0, 0.1) is 5.92 Å². The van der Waals surface area contributed by atoms with Gasteiger partial charge in [0.2, 0.25) is 0 Å². The lowest BCUT2D eigenvalue weighted by atomic mass is 9.81. The summed E-state index contributed by atoms with van der Waals surface area (Å²) in [4.78, 5) is 17.0. The standard InChI is InChI=1S/C17H32N2O/c1-2-3-4-5-10-18-12-14-19(15-13-18)11-9-17(20)16-7-6-8-16/h16H,2-15H2,1H3. The van der Waals surface area contributed by atoms with Crippen LogP contribution in [-0.2, 0) is 4.79 Å². The molecule has 2 aliphatic rings. The summed E-state index contributed by atoms with van der Waals surface area (Å²) in [5, 5.41) is 0. The van der Waals surface area contributed by atoms with Crippen LogP contribution in [0.4, 0.5) is 0 Å². The van der Waals surface area contributed by atoms with Crippen molar-refractivity contribution in [3.8, 4) is 0 Å². The number of nitrogens with zero attached hydrogens (tertiary/aromatic N) is 2. The molecule has 116 valence electrons. The van der Waals surface area contributed by atoms with E-state index in [1.807, 2.05) is 0 Å². The zero-order valence-electron chi connectivity index (χ0n) is 13.3. The van der Waals surface area contributed by atoms with E-state index in [0.717, 1.165) is 38.9 Å². The lowest BCUT2D eigenvalue weighted by molar-refractivity contribution is -0.125. The van der Waals surface area contributed by atoms with E-state index in [-0.39, 0.29) is 0 Å². The van der Waals surface area contributed by atoms with E-state index in [1.54, 1.807) is 0 Å². The van der Waals surface area contributed by atoms with E-state index >= 15 is 0 Å². The van der Waals surface area contributed by atoms with Crippen molar-refractivity contribution in [2.75, 3.05) is 39.3 Å². The van der Waals surface area contributed by atoms with E-state index < -0.39 is 0 Å². The maximum Gasteiger partial charge on any atom is 0.137 e. The summed E-state index contributed by atoms with van der Waals surface area (Å²) >= 11 is 0. The molecule has 20 heavy (non-hydrogen) atoms. The third kappa shape index (κ3) is 5.17. The second-order valence-corrected chi connectivity index (χ2v) is 6.59. The smallest absolute Gasteiger partial charge is 0.137 e. The summed E-state index contributed by atoms with van der Waals surface area (Å²) in [5.74, 6) is 0.952. The number of carbonyl (C=O) groups is 1. The van der Waals surface area contributed by atoms with Crippen LogP contribution in [0.5, 0.6) is 0 Å². The van der Waals surface area contributed by atoms with Crippen LogP contribution < -0.4 is 0 Å². The van der Waals surface area contributed by atoms with E-state index in [2.05, 4.69) is 16.7 Å². The summed E-state index contributed by atoms with van der Waals surface area (Å²) in [6, 6.07) is 0. The van der Waals surface area contributed by atoms with Crippen LogP contribution in [0.3, 0.4) is 0 Å². The van der Waals surface area contributed by atoms with Gasteiger partial charge in [-0.2, -0.15) is 0 Å². The highest BCUT2D eigenvalue weighted by molar-refractivity contribution is 5.81. The Morgan fingerprint density at radius 1 is 0.950 bits per heavy atom. The molecule has 1 aliphatic carbocycles. The minimum absolute atomic E-state index is 0.426. The molecule has 0 bridgehead atoms. The van der Waals surface area contributed by atoms with Crippen LogP contribution in [0.25, 0.3) is 0 Å². The average molecular weight is 280 g/mol. The van der Waals surface area contributed by atoms with Gasteiger partial charge in [0.25, 0.3) is 0 Å². The lowest BCUT2D eigenvalue weighted by Crippen LogP contribution is -2.47. The summed E-state index contributed by atoms with van der Waals surface area (Å²) < 4.78 is 0. The maximum absolute atomic E-state index is 11.9. The first-order valence-electron chi connectivity index (χ1n) is 8.77. The van der Waals surface area contributed by atoms with Crippen molar-refractivity contribution in [1.29, 1.82) is 0 Å². The van der Waals surface area contributed by atoms with Gasteiger partial charge in [0, 0.05) is 45.1 Å². The molecule has 2 rings (SSSR count). The van der Waals surface area contributed by atoms with Crippen LogP contribution in [0.2, 0.25) is 0 Å². The number of rotatable bonds is 9. The van der Waals surface area contributed by atoms with Crippen molar-refractivity contribution >= 4 is 5.78 Å². The van der Waals surface area contributed by atoms with Crippen molar-refractivity contribution in [2.45, 2.75) is 58.3 Å². The van der Waals surface area contributed by atoms with Gasteiger partial charge in [-0.15, -0.1) is 0 Å². The maximum atomic E-state index is 11.9. The highest BCUT2D eigenvalue weighted by atomic mass is 16.1. The molecule has 0 N–H and O–H groups in total. The minimum atomic E-state index is 0.426. The summed E-state index contributed by atoms with van der Waals surface area (Å²) in [6.45, 7) is 9.25. The van der Waals surface area contributed by atoms with E-state index in [0.29, 0.717) is 11.7 Å². The number of carbonyl (C=O) groups excluding carboxylic acids is 1. The zero-order chi connectivity index (χ0) is 14.2. The normalized spacial score (nSPS) is 21.9. The predicted molar refractivity (Wildman–Crippen MR) is 84.0 cm³/mol. The second kappa shape index (κ2) is 8.78. The molecule has 1 aliphatic heterocycles. The Morgan fingerprint density at radius 3 is 2.15 bits per heavy atom. The predicted octanol–water partition coefficient (Wildman–Crippen LogP) is 2.94. The largest absolute Gasteiger partial charge is 0.301 e. The van der Waals surface area contributed by atoms with Gasteiger partial charge in [-0.1, -0.05) is 32.6 Å². The Bertz CT molecular complexity index is 281. The van der Waals surface area contributed by atoms with Gasteiger partial charge in [0.05, 0.1) is 0 Å². The lowest BCUT2D eigenvalue weighted by Gasteiger charge is -2.35. The molecule has 2 fully saturated rings. The first kappa shape index (κ1) is 16.0. The van der Waals surface area contributed by atoms with E-state index in [1.165, 1.54) is 51.7 Å². The van der Waals surface area contributed by atoms with Gasteiger partial charge >= 0.3 is 0 Å². The van der Waals surface area contributed by atoms with E-state index in [9.17, 15) is 4.79 Å². The third-order valence-corrected chi connectivity index (χ3v) is 5.03. The molecule has 0 spiro atoms. The molecule has 3 heteroatoms. The summed E-state index contributed by atoms with van der Waals surface area (Å²) in [6.07, 6.45) is 9.82. The van der Waals surface area contributed by atoms with Crippen molar-refractivity contribution in [3.05, 3.63) is 0 Å². The van der Waals surface area contributed by atoms with E-state index in [4.69, 9.17) is 0 Å². The quantitative estimate of drug-likeness (QED) is 0.607. The molecular weight excluding hydrogens is 248 g/mol. The van der Waals surface area contributed by atoms with Gasteiger partial charge in [-0.3, -0.25) is 4.79 Å². The molecule has 0 amide bonds. The van der Waals surface area contributed by atoms with Crippen LogP contribution >= 0.6 is 0 Å². The Labute approximate surface area is 124 Å². The third-order valence-electron chi connectivity index (χ3n) is 5.03. The molecule has 0 aromatic heterocycles. The minimum Gasteiger partial charge on any atom is -0.301 e. The monoisotopic (exact) mass is 280 g/mol. The Hall–Kier alpha value is -0.410. The number of hydrogen-bond donors (Lipinski definition) is 0. The number of Topliss-reactive ketones (excluding diaryl/α,β-unsaturated/α-hetero) is 1. The Balaban J connectivity index is 1.51. The number of unbranched alkanes of at least 4 members (excludes halogenated alkanes) is 3. The van der Waals surface area contributed by atoms with Gasteiger partial charge in [0.1, 0.15) is 5.78 Å². The molecular formula is C17H32N2O. The number of piperazine rings is 1. The summed E-state index contributed by atoms with van der Waals surface area (Å²) in [7, 11) is 0. The second-order valence-electron chi connectivity index (χ2n) is 6.59. The van der Waals surface area contributed by atoms with Crippen molar-refractivity contribution < 1.29 is 4.79 Å². The fourth-order valence-electron chi connectivity index (χ4n) is 3.20. The van der Waals surface area contributed by atoms with Crippen molar-refractivity contribution in [3.63, 3.8) is 0 Å². The highest BCUT2D eigenvalue weighted by Crippen LogP contribution is 2.28. The molecule has 0 unspecified atom stereocenters. The van der Waals surface area contributed by atoms with Crippen LogP contribution in [0.1, 0.15) is 58.3 Å². The molecule has 0 aromatic rings. The van der Waals surface area contributed by atoms with Crippen molar-refractivity contribution in [1.82, 2.24) is 9.80 Å².